The minimum absolute atomic E-state index is 0.0520. The Morgan fingerprint density at radius 3 is 2.61 bits per heavy atom. The second kappa shape index (κ2) is 4.92. The molecule has 0 bridgehead atoms. The van der Waals surface area contributed by atoms with Gasteiger partial charge < -0.3 is 4.74 Å². The van der Waals surface area contributed by atoms with E-state index in [1.54, 1.807) is 20.0 Å². The molecule has 122 valence electrons. The van der Waals surface area contributed by atoms with E-state index in [0.717, 1.165) is 0 Å². The van der Waals surface area contributed by atoms with Gasteiger partial charge in [-0.05, 0) is 30.2 Å². The normalized spacial score (nSPS) is 17.7. The summed E-state index contributed by atoms with van der Waals surface area (Å²) in [6.07, 6.45) is 1.54. The highest BCUT2D eigenvalue weighted by Gasteiger charge is 2.42. The third kappa shape index (κ3) is 2.45. The van der Waals surface area contributed by atoms with Gasteiger partial charge in [0.05, 0.1) is 22.4 Å². The average Bonchev–Trinajstić information content (AvgIpc) is 2.89. The Labute approximate surface area is 135 Å². The van der Waals surface area contributed by atoms with Crippen LogP contribution in [0.5, 0.6) is 5.88 Å². The van der Waals surface area contributed by atoms with Gasteiger partial charge in [-0.15, -0.1) is 0 Å². The third-order valence-electron chi connectivity index (χ3n) is 4.18. The lowest BCUT2D eigenvalue weighted by Gasteiger charge is -2.20. The SMILES string of the molecule is Cc1c(C(=O)Oc2ccnn2C)ccc2c1C(C)(C)CS2(=O)=O. The molecule has 0 saturated heterocycles. The molecule has 3 rings (SSSR count). The number of carbonyl (C=O) groups excluding carboxylic acids is 1. The predicted molar refractivity (Wildman–Crippen MR) is 84.4 cm³/mol. The van der Waals surface area contributed by atoms with Gasteiger partial charge in [0.2, 0.25) is 5.88 Å². The van der Waals surface area contributed by atoms with Crippen LogP contribution >= 0.6 is 0 Å². The maximum atomic E-state index is 12.4. The second-order valence-electron chi connectivity index (χ2n) is 6.44. The Hall–Kier alpha value is -2.15. The number of aromatic nitrogens is 2. The van der Waals surface area contributed by atoms with E-state index in [2.05, 4.69) is 5.10 Å². The summed E-state index contributed by atoms with van der Waals surface area (Å²) in [6, 6.07) is 4.62. The summed E-state index contributed by atoms with van der Waals surface area (Å²) in [4.78, 5) is 12.8. The van der Waals surface area contributed by atoms with E-state index in [4.69, 9.17) is 4.74 Å². The van der Waals surface area contributed by atoms with Gasteiger partial charge in [0.15, 0.2) is 9.84 Å². The van der Waals surface area contributed by atoms with Gasteiger partial charge in [0.25, 0.3) is 0 Å². The second-order valence-corrected chi connectivity index (χ2v) is 8.39. The number of fused-ring (bicyclic) bond motifs is 1. The van der Waals surface area contributed by atoms with Crippen molar-refractivity contribution in [3.63, 3.8) is 0 Å². The van der Waals surface area contributed by atoms with Crippen molar-refractivity contribution in [3.8, 4) is 5.88 Å². The molecule has 0 saturated carbocycles. The van der Waals surface area contributed by atoms with E-state index < -0.39 is 21.2 Å². The number of sulfone groups is 1. The molecular weight excluding hydrogens is 316 g/mol. The minimum atomic E-state index is -3.30. The summed E-state index contributed by atoms with van der Waals surface area (Å²) in [7, 11) is -1.63. The number of ether oxygens (including phenoxy) is 1. The summed E-state index contributed by atoms with van der Waals surface area (Å²) >= 11 is 0. The first kappa shape index (κ1) is 15.7. The third-order valence-corrected chi connectivity index (χ3v) is 6.29. The molecule has 0 fully saturated rings. The fourth-order valence-corrected chi connectivity index (χ4v) is 5.51. The lowest BCUT2D eigenvalue weighted by atomic mass is 9.82. The topological polar surface area (TPSA) is 78.3 Å². The van der Waals surface area contributed by atoms with Crippen LogP contribution in [0, 0.1) is 6.92 Å². The van der Waals surface area contributed by atoms with Crippen LogP contribution in [0.2, 0.25) is 0 Å². The van der Waals surface area contributed by atoms with Gasteiger partial charge in [-0.25, -0.2) is 17.9 Å². The first-order valence-corrected chi connectivity index (χ1v) is 8.86. The van der Waals surface area contributed by atoms with Crippen LogP contribution in [-0.4, -0.2) is 29.9 Å². The van der Waals surface area contributed by atoms with Crippen molar-refractivity contribution in [2.75, 3.05) is 5.75 Å². The molecule has 2 aromatic rings. The molecule has 23 heavy (non-hydrogen) atoms. The molecule has 2 heterocycles. The summed E-state index contributed by atoms with van der Waals surface area (Å²) in [6.45, 7) is 5.51. The number of hydrogen-bond acceptors (Lipinski definition) is 5. The van der Waals surface area contributed by atoms with Crippen LogP contribution in [0.15, 0.2) is 29.3 Å². The van der Waals surface area contributed by atoms with Gasteiger partial charge in [-0.2, -0.15) is 5.10 Å². The highest BCUT2D eigenvalue weighted by Crippen LogP contribution is 2.42. The molecule has 0 atom stereocenters. The monoisotopic (exact) mass is 334 g/mol. The Morgan fingerprint density at radius 1 is 1.30 bits per heavy atom. The highest BCUT2D eigenvalue weighted by molar-refractivity contribution is 7.91. The van der Waals surface area contributed by atoms with Gasteiger partial charge in [-0.3, -0.25) is 0 Å². The molecule has 0 N–H and O–H groups in total. The molecule has 1 aromatic heterocycles. The Kier molecular flexibility index (Phi) is 3.37. The molecule has 0 spiro atoms. The lowest BCUT2D eigenvalue weighted by Crippen LogP contribution is -2.21. The number of rotatable bonds is 2. The highest BCUT2D eigenvalue weighted by atomic mass is 32.2. The standard InChI is InChI=1S/C16H18N2O4S/c1-10-11(15(19)22-13-7-8-17-18(13)4)5-6-12-14(10)16(2,3)9-23(12,20)21/h5-8H,9H2,1-4H3. The molecule has 0 aliphatic carbocycles. The van der Waals surface area contributed by atoms with E-state index in [0.29, 0.717) is 27.5 Å². The van der Waals surface area contributed by atoms with E-state index in [1.807, 2.05) is 13.8 Å². The van der Waals surface area contributed by atoms with Crippen LogP contribution in [0.25, 0.3) is 0 Å². The van der Waals surface area contributed by atoms with Gasteiger partial charge in [-0.1, -0.05) is 13.8 Å². The van der Waals surface area contributed by atoms with Crippen LogP contribution in [0.3, 0.4) is 0 Å². The number of nitrogens with zero attached hydrogens (tertiary/aromatic N) is 2. The number of benzene rings is 1. The van der Waals surface area contributed by atoms with Crippen molar-refractivity contribution in [3.05, 3.63) is 41.1 Å². The Morgan fingerprint density at radius 2 is 2.00 bits per heavy atom. The fourth-order valence-electron chi connectivity index (χ4n) is 3.25. The molecule has 1 aromatic carbocycles. The van der Waals surface area contributed by atoms with Crippen LogP contribution < -0.4 is 4.74 Å². The van der Waals surface area contributed by atoms with Crippen molar-refractivity contribution >= 4 is 15.8 Å². The summed E-state index contributed by atoms with van der Waals surface area (Å²) in [5.74, 6) is -0.132. The van der Waals surface area contributed by atoms with Crippen molar-refractivity contribution in [2.45, 2.75) is 31.1 Å². The van der Waals surface area contributed by atoms with Crippen molar-refractivity contribution in [1.29, 1.82) is 0 Å². The number of carbonyl (C=O) groups is 1. The fraction of sp³-hybridized carbons (Fsp3) is 0.375. The lowest BCUT2D eigenvalue weighted by molar-refractivity contribution is 0.0719. The Bertz CT molecular complexity index is 910. The molecule has 6 nitrogen and oxygen atoms in total. The van der Waals surface area contributed by atoms with Crippen LogP contribution in [0.1, 0.15) is 35.3 Å². The number of aryl methyl sites for hydroxylation is 1. The zero-order valence-electron chi connectivity index (χ0n) is 13.5. The quantitative estimate of drug-likeness (QED) is 0.785. The Balaban J connectivity index is 2.07. The van der Waals surface area contributed by atoms with E-state index in [1.165, 1.54) is 23.0 Å². The zero-order chi connectivity index (χ0) is 17.0. The average molecular weight is 334 g/mol. The predicted octanol–water partition coefficient (Wildman–Crippen LogP) is 2.01. The number of esters is 1. The molecule has 1 aliphatic heterocycles. The summed E-state index contributed by atoms with van der Waals surface area (Å²) in [5.41, 5.74) is 1.20. The summed E-state index contributed by atoms with van der Waals surface area (Å²) < 4.78 is 31.3. The first-order chi connectivity index (χ1) is 10.6. The van der Waals surface area contributed by atoms with Crippen LogP contribution in [0.4, 0.5) is 0 Å². The maximum absolute atomic E-state index is 12.4. The van der Waals surface area contributed by atoms with Crippen molar-refractivity contribution in [2.24, 2.45) is 7.05 Å². The molecule has 7 heteroatoms. The largest absolute Gasteiger partial charge is 0.404 e. The van der Waals surface area contributed by atoms with Gasteiger partial charge in [0.1, 0.15) is 0 Å². The van der Waals surface area contributed by atoms with Crippen molar-refractivity contribution in [1.82, 2.24) is 9.78 Å². The zero-order valence-corrected chi connectivity index (χ0v) is 14.3. The van der Waals surface area contributed by atoms with Gasteiger partial charge >= 0.3 is 5.97 Å². The molecular formula is C16H18N2O4S. The first-order valence-electron chi connectivity index (χ1n) is 7.20. The summed E-state index contributed by atoms with van der Waals surface area (Å²) in [5, 5.41) is 3.95. The van der Waals surface area contributed by atoms with Crippen LogP contribution in [-0.2, 0) is 22.3 Å². The minimum Gasteiger partial charge on any atom is -0.404 e. The van der Waals surface area contributed by atoms with Crippen molar-refractivity contribution < 1.29 is 17.9 Å². The molecule has 0 amide bonds. The van der Waals surface area contributed by atoms with E-state index in [9.17, 15) is 13.2 Å². The molecule has 0 radical (unpaired) electrons. The number of hydrogen-bond donors (Lipinski definition) is 0. The van der Waals surface area contributed by atoms with Gasteiger partial charge in [0, 0.05) is 18.5 Å². The van der Waals surface area contributed by atoms with E-state index >= 15 is 0 Å². The molecule has 0 unspecified atom stereocenters. The van der Waals surface area contributed by atoms with E-state index in [-0.39, 0.29) is 5.75 Å². The molecule has 1 aliphatic rings. The maximum Gasteiger partial charge on any atom is 0.345 e. The smallest absolute Gasteiger partial charge is 0.345 e.